The Morgan fingerprint density at radius 3 is 2.70 bits per heavy atom. The van der Waals surface area contributed by atoms with Crippen LogP contribution >= 0.6 is 31.9 Å². The van der Waals surface area contributed by atoms with Crippen LogP contribution in [0.25, 0.3) is 0 Å². The van der Waals surface area contributed by atoms with Crippen molar-refractivity contribution in [1.29, 1.82) is 0 Å². The van der Waals surface area contributed by atoms with Crippen LogP contribution in [0.3, 0.4) is 0 Å². The molecule has 0 radical (unpaired) electrons. The highest BCUT2D eigenvalue weighted by atomic mass is 79.9. The molecule has 20 heavy (non-hydrogen) atoms. The summed E-state index contributed by atoms with van der Waals surface area (Å²) in [5.74, 6) is 0. The Morgan fingerprint density at radius 2 is 2.05 bits per heavy atom. The predicted molar refractivity (Wildman–Crippen MR) is 90.0 cm³/mol. The van der Waals surface area contributed by atoms with Crippen LogP contribution in [0.15, 0.2) is 33.2 Å². The van der Waals surface area contributed by atoms with Crippen molar-refractivity contribution in [3.8, 4) is 0 Å². The van der Waals surface area contributed by atoms with Crippen LogP contribution in [0.1, 0.15) is 29.9 Å². The summed E-state index contributed by atoms with van der Waals surface area (Å²) in [6, 6.07) is 8.69. The third-order valence-corrected chi connectivity index (χ3v) is 4.60. The van der Waals surface area contributed by atoms with Crippen molar-refractivity contribution < 1.29 is 0 Å². The normalized spacial score (nSPS) is 12.7. The van der Waals surface area contributed by atoms with Gasteiger partial charge in [0.15, 0.2) is 0 Å². The van der Waals surface area contributed by atoms with E-state index in [1.54, 1.807) is 0 Å². The lowest BCUT2D eigenvalue weighted by atomic mass is 10.0. The summed E-state index contributed by atoms with van der Waals surface area (Å²) in [7, 11) is 2.00. The molecule has 3 nitrogen and oxygen atoms in total. The van der Waals surface area contributed by atoms with Crippen molar-refractivity contribution in [2.75, 3.05) is 7.05 Å². The third-order valence-electron chi connectivity index (χ3n) is 3.38. The van der Waals surface area contributed by atoms with E-state index in [-0.39, 0.29) is 6.04 Å². The molecule has 0 aliphatic carbocycles. The number of likely N-dealkylation sites (N-methyl/N-ethyl adjacent to an activating group) is 1. The van der Waals surface area contributed by atoms with Crippen molar-refractivity contribution in [3.05, 3.63) is 50.2 Å². The highest BCUT2D eigenvalue weighted by molar-refractivity contribution is 9.11. The van der Waals surface area contributed by atoms with Gasteiger partial charge in [-0.25, -0.2) is 0 Å². The number of halogens is 2. The van der Waals surface area contributed by atoms with Crippen molar-refractivity contribution >= 4 is 31.9 Å². The van der Waals surface area contributed by atoms with Crippen LogP contribution in [0.4, 0.5) is 0 Å². The topological polar surface area (TPSA) is 29.9 Å². The molecule has 1 N–H and O–H groups in total. The number of hydrogen-bond donors (Lipinski definition) is 1. The second-order valence-electron chi connectivity index (χ2n) is 4.80. The van der Waals surface area contributed by atoms with Gasteiger partial charge in [-0.3, -0.25) is 4.68 Å². The number of nitrogens with zero attached hydrogens (tertiary/aromatic N) is 2. The number of nitrogens with one attached hydrogen (secondary N) is 1. The Labute approximate surface area is 137 Å². The van der Waals surface area contributed by atoms with Gasteiger partial charge in [0.25, 0.3) is 0 Å². The largest absolute Gasteiger partial charge is 0.313 e. The van der Waals surface area contributed by atoms with Crippen molar-refractivity contribution in [2.24, 2.45) is 0 Å². The number of aryl methyl sites for hydroxylation is 2. The molecule has 1 aromatic heterocycles. The van der Waals surface area contributed by atoms with Gasteiger partial charge in [0.2, 0.25) is 0 Å². The summed E-state index contributed by atoms with van der Waals surface area (Å²) in [4.78, 5) is 0. The van der Waals surface area contributed by atoms with Crippen LogP contribution in [0, 0.1) is 6.92 Å². The lowest BCUT2D eigenvalue weighted by molar-refractivity contribution is 0.539. The molecule has 0 amide bonds. The first-order chi connectivity index (χ1) is 9.55. The minimum absolute atomic E-state index is 0.253. The standard InChI is InChI=1S/C15H19Br2N3/c1-4-20-12(7-10(2)19-20)9-15(18-3)13-8-11(16)5-6-14(13)17/h5-8,15,18H,4,9H2,1-3H3. The van der Waals surface area contributed by atoms with Gasteiger partial charge in [0.05, 0.1) is 5.69 Å². The molecule has 0 saturated heterocycles. The van der Waals surface area contributed by atoms with E-state index >= 15 is 0 Å². The quantitative estimate of drug-likeness (QED) is 0.813. The van der Waals surface area contributed by atoms with E-state index in [1.165, 1.54) is 11.3 Å². The van der Waals surface area contributed by atoms with Gasteiger partial charge in [-0.2, -0.15) is 5.10 Å². The summed E-state index contributed by atoms with van der Waals surface area (Å²) in [5, 5.41) is 7.92. The van der Waals surface area contributed by atoms with E-state index in [0.29, 0.717) is 0 Å². The van der Waals surface area contributed by atoms with E-state index in [1.807, 2.05) is 20.0 Å². The zero-order valence-corrected chi connectivity index (χ0v) is 15.1. The molecule has 0 spiro atoms. The summed E-state index contributed by atoms with van der Waals surface area (Å²) in [6.07, 6.45) is 0.917. The predicted octanol–water partition coefficient (Wildman–Crippen LogP) is 4.24. The molecular weight excluding hydrogens is 382 g/mol. The molecule has 0 saturated carbocycles. The number of rotatable bonds is 5. The summed E-state index contributed by atoms with van der Waals surface area (Å²) in [6.45, 7) is 5.07. The Balaban J connectivity index is 2.30. The monoisotopic (exact) mass is 399 g/mol. The molecule has 0 aliphatic rings. The van der Waals surface area contributed by atoms with Gasteiger partial charge < -0.3 is 5.32 Å². The van der Waals surface area contributed by atoms with Gasteiger partial charge in [-0.05, 0) is 50.7 Å². The minimum Gasteiger partial charge on any atom is -0.313 e. The van der Waals surface area contributed by atoms with Gasteiger partial charge in [-0.1, -0.05) is 31.9 Å². The van der Waals surface area contributed by atoms with E-state index < -0.39 is 0 Å². The summed E-state index contributed by atoms with van der Waals surface area (Å²) in [5.41, 5.74) is 3.59. The Morgan fingerprint density at radius 1 is 1.30 bits per heavy atom. The van der Waals surface area contributed by atoms with Gasteiger partial charge in [0.1, 0.15) is 0 Å². The van der Waals surface area contributed by atoms with Gasteiger partial charge in [-0.15, -0.1) is 0 Å². The fraction of sp³-hybridized carbons (Fsp3) is 0.400. The maximum absolute atomic E-state index is 4.52. The molecule has 108 valence electrons. The molecule has 0 fully saturated rings. The Bertz CT molecular complexity index is 593. The molecule has 5 heteroatoms. The maximum atomic E-state index is 4.52. The van der Waals surface area contributed by atoms with Crippen molar-refractivity contribution in [3.63, 3.8) is 0 Å². The average Bonchev–Trinajstić information content (AvgIpc) is 2.79. The smallest absolute Gasteiger partial charge is 0.0596 e. The van der Waals surface area contributed by atoms with Crippen LogP contribution in [-0.4, -0.2) is 16.8 Å². The average molecular weight is 401 g/mol. The van der Waals surface area contributed by atoms with E-state index in [2.05, 4.69) is 72.1 Å². The van der Waals surface area contributed by atoms with Crippen molar-refractivity contribution in [1.82, 2.24) is 15.1 Å². The summed E-state index contributed by atoms with van der Waals surface area (Å²) < 4.78 is 4.29. The minimum atomic E-state index is 0.253. The third kappa shape index (κ3) is 3.51. The Hall–Kier alpha value is -0.650. The molecule has 2 rings (SSSR count). The lowest BCUT2D eigenvalue weighted by Crippen LogP contribution is -2.21. The lowest BCUT2D eigenvalue weighted by Gasteiger charge is -2.19. The van der Waals surface area contributed by atoms with Crippen LogP contribution in [0.2, 0.25) is 0 Å². The second-order valence-corrected chi connectivity index (χ2v) is 6.57. The number of aromatic nitrogens is 2. The van der Waals surface area contributed by atoms with Crippen molar-refractivity contribution in [2.45, 2.75) is 32.9 Å². The van der Waals surface area contributed by atoms with E-state index in [0.717, 1.165) is 27.6 Å². The van der Waals surface area contributed by atoms with E-state index in [9.17, 15) is 0 Å². The fourth-order valence-electron chi connectivity index (χ4n) is 2.40. The van der Waals surface area contributed by atoms with Crippen LogP contribution < -0.4 is 5.32 Å². The first-order valence-electron chi connectivity index (χ1n) is 6.70. The van der Waals surface area contributed by atoms with Crippen LogP contribution in [0.5, 0.6) is 0 Å². The molecule has 0 aliphatic heterocycles. The highest BCUT2D eigenvalue weighted by Gasteiger charge is 2.16. The second kappa shape index (κ2) is 6.87. The molecule has 1 unspecified atom stereocenters. The SMILES string of the molecule is CCn1nc(C)cc1CC(NC)c1cc(Br)ccc1Br. The number of hydrogen-bond acceptors (Lipinski definition) is 2. The Kier molecular flexibility index (Phi) is 5.41. The van der Waals surface area contributed by atoms with Gasteiger partial charge in [0, 0.05) is 33.6 Å². The molecule has 2 aromatic rings. The van der Waals surface area contributed by atoms with Crippen LogP contribution in [-0.2, 0) is 13.0 Å². The highest BCUT2D eigenvalue weighted by Crippen LogP contribution is 2.29. The maximum Gasteiger partial charge on any atom is 0.0596 e. The first-order valence-corrected chi connectivity index (χ1v) is 8.29. The van der Waals surface area contributed by atoms with E-state index in [4.69, 9.17) is 0 Å². The molecule has 1 atom stereocenters. The van der Waals surface area contributed by atoms with Gasteiger partial charge >= 0.3 is 0 Å². The zero-order valence-electron chi connectivity index (χ0n) is 12.0. The molecule has 0 bridgehead atoms. The molecule has 1 heterocycles. The first kappa shape index (κ1) is 15.7. The fourth-order valence-corrected chi connectivity index (χ4v) is 3.30. The molecular formula is C15H19Br2N3. The molecule has 1 aromatic carbocycles. The summed E-state index contributed by atoms with van der Waals surface area (Å²) >= 11 is 7.19. The zero-order chi connectivity index (χ0) is 14.7. The number of benzene rings is 1.